The van der Waals surface area contributed by atoms with Gasteiger partial charge in [-0.2, -0.15) is 0 Å². The standard InChI is InChI=1S/C22H24N4O/c1-25(2)18-6-11-24-21(14-18)22(27)26-12-8-16(9-13-26)19-5-3-4-17-15-23-10-7-20(17)19/h3-7,10-11,14-16H,8-9,12-13H2,1-2H3. The van der Waals surface area contributed by atoms with Crippen LogP contribution in [0.2, 0.25) is 0 Å². The zero-order valence-corrected chi connectivity index (χ0v) is 15.8. The first-order valence-corrected chi connectivity index (χ1v) is 9.39. The first-order chi connectivity index (χ1) is 13.1. The largest absolute Gasteiger partial charge is 0.378 e. The summed E-state index contributed by atoms with van der Waals surface area (Å²) in [5, 5.41) is 2.45. The highest BCUT2D eigenvalue weighted by Crippen LogP contribution is 2.33. The van der Waals surface area contributed by atoms with Crippen molar-refractivity contribution in [2.75, 3.05) is 32.1 Å². The van der Waals surface area contributed by atoms with Gasteiger partial charge in [0.1, 0.15) is 5.69 Å². The normalized spacial score (nSPS) is 15.1. The van der Waals surface area contributed by atoms with Crippen molar-refractivity contribution in [2.45, 2.75) is 18.8 Å². The third-order valence-electron chi connectivity index (χ3n) is 5.42. The van der Waals surface area contributed by atoms with Crippen molar-refractivity contribution >= 4 is 22.4 Å². The first-order valence-electron chi connectivity index (χ1n) is 9.39. The van der Waals surface area contributed by atoms with Crippen LogP contribution in [-0.4, -0.2) is 48.0 Å². The van der Waals surface area contributed by atoms with E-state index < -0.39 is 0 Å². The van der Waals surface area contributed by atoms with Gasteiger partial charge in [0.25, 0.3) is 5.91 Å². The van der Waals surface area contributed by atoms with Gasteiger partial charge in [-0.1, -0.05) is 18.2 Å². The summed E-state index contributed by atoms with van der Waals surface area (Å²) in [6.07, 6.45) is 7.43. The fraction of sp³-hybridized carbons (Fsp3) is 0.318. The molecule has 1 aliphatic heterocycles. The molecule has 1 fully saturated rings. The van der Waals surface area contributed by atoms with Crippen molar-refractivity contribution in [1.29, 1.82) is 0 Å². The molecule has 1 amide bonds. The molecule has 2 aromatic heterocycles. The highest BCUT2D eigenvalue weighted by Gasteiger charge is 2.26. The topological polar surface area (TPSA) is 49.3 Å². The maximum atomic E-state index is 12.9. The van der Waals surface area contributed by atoms with E-state index in [0.29, 0.717) is 11.6 Å². The molecule has 0 spiro atoms. The summed E-state index contributed by atoms with van der Waals surface area (Å²) in [5.74, 6) is 0.500. The summed E-state index contributed by atoms with van der Waals surface area (Å²) in [6.45, 7) is 1.53. The Labute approximate surface area is 159 Å². The molecule has 0 bridgehead atoms. The lowest BCUT2D eigenvalue weighted by Gasteiger charge is -2.32. The number of piperidine rings is 1. The van der Waals surface area contributed by atoms with Crippen LogP contribution in [0.1, 0.15) is 34.8 Å². The van der Waals surface area contributed by atoms with Crippen LogP contribution in [0, 0.1) is 0 Å². The molecule has 0 radical (unpaired) electrons. The number of fused-ring (bicyclic) bond motifs is 1. The average Bonchev–Trinajstić information content (AvgIpc) is 2.73. The molecule has 5 heteroatoms. The van der Waals surface area contributed by atoms with Gasteiger partial charge in [-0.15, -0.1) is 0 Å². The molecule has 4 rings (SSSR count). The quantitative estimate of drug-likeness (QED) is 0.714. The third kappa shape index (κ3) is 3.50. The molecule has 0 atom stereocenters. The zero-order chi connectivity index (χ0) is 18.8. The van der Waals surface area contributed by atoms with E-state index in [9.17, 15) is 4.79 Å². The number of pyridine rings is 2. The van der Waals surface area contributed by atoms with E-state index in [1.165, 1.54) is 16.3 Å². The Morgan fingerprint density at radius 3 is 2.70 bits per heavy atom. The van der Waals surface area contributed by atoms with Crippen molar-refractivity contribution in [2.24, 2.45) is 0 Å². The number of anilines is 1. The highest BCUT2D eigenvalue weighted by atomic mass is 16.2. The van der Waals surface area contributed by atoms with Crippen LogP contribution < -0.4 is 4.90 Å². The second-order valence-electron chi connectivity index (χ2n) is 7.30. The van der Waals surface area contributed by atoms with Gasteiger partial charge in [-0.05, 0) is 47.9 Å². The lowest BCUT2D eigenvalue weighted by molar-refractivity contribution is 0.0707. The minimum absolute atomic E-state index is 0.0271. The van der Waals surface area contributed by atoms with Gasteiger partial charge in [0.2, 0.25) is 0 Å². The molecular formula is C22H24N4O. The number of benzene rings is 1. The molecule has 1 aliphatic rings. The van der Waals surface area contributed by atoms with E-state index in [1.807, 2.05) is 48.4 Å². The third-order valence-corrected chi connectivity index (χ3v) is 5.42. The van der Waals surface area contributed by atoms with E-state index in [4.69, 9.17) is 0 Å². The number of carbonyl (C=O) groups is 1. The van der Waals surface area contributed by atoms with Crippen molar-refractivity contribution in [3.8, 4) is 0 Å². The molecule has 1 saturated heterocycles. The van der Waals surface area contributed by atoms with E-state index in [2.05, 4.69) is 34.2 Å². The Morgan fingerprint density at radius 1 is 1.11 bits per heavy atom. The summed E-state index contributed by atoms with van der Waals surface area (Å²) >= 11 is 0. The van der Waals surface area contributed by atoms with Gasteiger partial charge in [0.05, 0.1) is 0 Å². The lowest BCUT2D eigenvalue weighted by Crippen LogP contribution is -2.38. The predicted octanol–water partition coefficient (Wildman–Crippen LogP) is 3.72. The number of carbonyl (C=O) groups excluding carboxylic acids is 1. The fourth-order valence-electron chi connectivity index (χ4n) is 3.87. The Morgan fingerprint density at radius 2 is 1.93 bits per heavy atom. The molecular weight excluding hydrogens is 336 g/mol. The molecule has 0 saturated carbocycles. The van der Waals surface area contributed by atoms with Crippen LogP contribution in [0.4, 0.5) is 5.69 Å². The molecule has 3 heterocycles. The Bertz CT molecular complexity index is 956. The second kappa shape index (κ2) is 7.35. The van der Waals surface area contributed by atoms with Crippen molar-refractivity contribution in [3.05, 3.63) is 66.2 Å². The molecule has 0 unspecified atom stereocenters. The monoisotopic (exact) mass is 360 g/mol. The zero-order valence-electron chi connectivity index (χ0n) is 15.8. The Hall–Kier alpha value is -2.95. The van der Waals surface area contributed by atoms with Crippen molar-refractivity contribution < 1.29 is 4.79 Å². The van der Waals surface area contributed by atoms with Gasteiger partial charge in [0, 0.05) is 56.8 Å². The first kappa shape index (κ1) is 17.5. The second-order valence-corrected chi connectivity index (χ2v) is 7.30. The van der Waals surface area contributed by atoms with E-state index in [-0.39, 0.29) is 5.91 Å². The molecule has 138 valence electrons. The minimum Gasteiger partial charge on any atom is -0.378 e. The van der Waals surface area contributed by atoms with Gasteiger partial charge >= 0.3 is 0 Å². The van der Waals surface area contributed by atoms with Gasteiger partial charge in [-0.25, -0.2) is 0 Å². The summed E-state index contributed by atoms with van der Waals surface area (Å²) in [4.78, 5) is 25.3. The van der Waals surface area contributed by atoms with Crippen LogP contribution in [0.5, 0.6) is 0 Å². The number of rotatable bonds is 3. The maximum absolute atomic E-state index is 12.9. The fourth-order valence-corrected chi connectivity index (χ4v) is 3.87. The predicted molar refractivity (Wildman–Crippen MR) is 108 cm³/mol. The van der Waals surface area contributed by atoms with Gasteiger partial charge in [-0.3, -0.25) is 14.8 Å². The molecule has 1 aromatic carbocycles. The summed E-state index contributed by atoms with van der Waals surface area (Å²) in [7, 11) is 3.93. The van der Waals surface area contributed by atoms with E-state index in [0.717, 1.165) is 31.6 Å². The summed E-state index contributed by atoms with van der Waals surface area (Å²) in [5.41, 5.74) is 2.89. The Kier molecular flexibility index (Phi) is 4.75. The summed E-state index contributed by atoms with van der Waals surface area (Å²) in [6, 6.07) is 12.3. The maximum Gasteiger partial charge on any atom is 0.272 e. The number of nitrogens with zero attached hydrogens (tertiary/aromatic N) is 4. The van der Waals surface area contributed by atoms with Crippen molar-refractivity contribution in [1.82, 2.24) is 14.9 Å². The molecule has 0 aliphatic carbocycles. The highest BCUT2D eigenvalue weighted by molar-refractivity contribution is 5.93. The van der Waals surface area contributed by atoms with Crippen LogP contribution >= 0.6 is 0 Å². The number of hydrogen-bond acceptors (Lipinski definition) is 4. The van der Waals surface area contributed by atoms with Gasteiger partial charge < -0.3 is 9.80 Å². The van der Waals surface area contributed by atoms with Crippen LogP contribution in [0.25, 0.3) is 10.8 Å². The SMILES string of the molecule is CN(C)c1ccnc(C(=O)N2CCC(c3cccc4cnccc34)CC2)c1. The van der Waals surface area contributed by atoms with E-state index >= 15 is 0 Å². The molecule has 3 aromatic rings. The van der Waals surface area contributed by atoms with Gasteiger partial charge in [0.15, 0.2) is 0 Å². The Balaban J connectivity index is 1.49. The molecule has 0 N–H and O–H groups in total. The number of hydrogen-bond donors (Lipinski definition) is 0. The number of aromatic nitrogens is 2. The molecule has 5 nitrogen and oxygen atoms in total. The smallest absolute Gasteiger partial charge is 0.272 e. The molecule has 27 heavy (non-hydrogen) atoms. The lowest BCUT2D eigenvalue weighted by atomic mass is 9.86. The van der Waals surface area contributed by atoms with Crippen LogP contribution in [0.15, 0.2) is 55.0 Å². The summed E-state index contributed by atoms with van der Waals surface area (Å²) < 4.78 is 0. The minimum atomic E-state index is 0.0271. The average molecular weight is 360 g/mol. The van der Waals surface area contributed by atoms with E-state index in [1.54, 1.807) is 6.20 Å². The number of amides is 1. The van der Waals surface area contributed by atoms with Crippen LogP contribution in [0.3, 0.4) is 0 Å². The van der Waals surface area contributed by atoms with Crippen LogP contribution in [-0.2, 0) is 0 Å². The van der Waals surface area contributed by atoms with Crippen molar-refractivity contribution in [3.63, 3.8) is 0 Å². The number of likely N-dealkylation sites (tertiary alicyclic amines) is 1.